The van der Waals surface area contributed by atoms with E-state index in [1.807, 2.05) is 0 Å². The molecule has 0 saturated carbocycles. The molecule has 0 fully saturated rings. The van der Waals surface area contributed by atoms with Gasteiger partial charge in [0.05, 0.1) is 6.42 Å². The molecule has 0 rings (SSSR count). The zero-order chi connectivity index (χ0) is 9.61. The summed E-state index contributed by atoms with van der Waals surface area (Å²) in [6.45, 7) is 3.41. The maximum absolute atomic E-state index is 11.5. The van der Waals surface area contributed by atoms with E-state index in [1.165, 1.54) is 20.3 Å². The van der Waals surface area contributed by atoms with Crippen LogP contribution in [0.15, 0.2) is 12.7 Å². The van der Waals surface area contributed by atoms with Crippen molar-refractivity contribution in [2.75, 3.05) is 14.2 Å². The average Bonchev–Trinajstić information content (AvgIpc) is 2.13. The molecule has 0 radical (unpaired) electrons. The lowest BCUT2D eigenvalue weighted by molar-refractivity contribution is -0.00522. The molecular formula is C6H11N2O3P. The second kappa shape index (κ2) is 5.01. The molecule has 0 aliphatic rings. The van der Waals surface area contributed by atoms with Crippen LogP contribution >= 0.6 is 7.60 Å². The summed E-state index contributed by atoms with van der Waals surface area (Å²) in [6.07, 6.45) is 1.61. The van der Waals surface area contributed by atoms with Gasteiger partial charge in [0.15, 0.2) is 0 Å². The Bertz CT molecular complexity index is 250. The molecule has 0 N–H and O–H groups in total. The monoisotopic (exact) mass is 190 g/mol. The van der Waals surface area contributed by atoms with Crippen molar-refractivity contribution >= 4 is 13.0 Å². The van der Waals surface area contributed by atoms with E-state index in [1.54, 1.807) is 0 Å². The van der Waals surface area contributed by atoms with E-state index in [0.717, 1.165) is 0 Å². The summed E-state index contributed by atoms with van der Waals surface area (Å²) in [7, 11) is -0.937. The highest BCUT2D eigenvalue weighted by molar-refractivity contribution is 7.71. The van der Waals surface area contributed by atoms with Crippen LogP contribution in [0, 0.1) is 0 Å². The third kappa shape index (κ3) is 2.40. The second-order valence-electron chi connectivity index (χ2n) is 1.87. The largest absolute Gasteiger partial charge is 0.437 e. The van der Waals surface area contributed by atoms with Crippen molar-refractivity contribution in [3.8, 4) is 0 Å². The van der Waals surface area contributed by atoms with E-state index in [0.29, 0.717) is 0 Å². The minimum atomic E-state index is -3.38. The topological polar surface area (TPSA) is 71.9 Å². The fourth-order valence-electron chi connectivity index (χ4n) is 0.622. The van der Waals surface area contributed by atoms with Crippen molar-refractivity contribution in [3.05, 3.63) is 18.2 Å². The Labute approximate surface area is 71.1 Å². The van der Waals surface area contributed by atoms with Crippen LogP contribution < -0.4 is 0 Å². The van der Waals surface area contributed by atoms with Gasteiger partial charge >= 0.3 is 13.0 Å². The van der Waals surface area contributed by atoms with Crippen LogP contribution in [-0.2, 0) is 13.6 Å². The van der Waals surface area contributed by atoms with Crippen LogP contribution in [0.4, 0.5) is 0 Å². The number of nitrogens with zero attached hydrogens (tertiary/aromatic N) is 2. The van der Waals surface area contributed by atoms with Gasteiger partial charge < -0.3 is 14.6 Å². The molecule has 12 heavy (non-hydrogen) atoms. The van der Waals surface area contributed by atoms with Gasteiger partial charge in [0.25, 0.3) is 0 Å². The lowest BCUT2D eigenvalue weighted by Crippen LogP contribution is -2.03. The van der Waals surface area contributed by atoms with Gasteiger partial charge in [-0.3, -0.25) is 0 Å². The SMILES string of the molecule is C=CCC(=[N+]=[N-])P(=O)(OC)OC. The number of rotatable bonds is 5. The number of hydrogen-bond acceptors (Lipinski definition) is 3. The van der Waals surface area contributed by atoms with Crippen molar-refractivity contribution in [3.63, 3.8) is 0 Å². The van der Waals surface area contributed by atoms with Crippen molar-refractivity contribution < 1.29 is 18.4 Å². The maximum Gasteiger partial charge on any atom is 0.437 e. The Morgan fingerprint density at radius 2 is 2.17 bits per heavy atom. The molecular weight excluding hydrogens is 179 g/mol. The van der Waals surface area contributed by atoms with Gasteiger partial charge in [0.1, 0.15) is 0 Å². The van der Waals surface area contributed by atoms with Gasteiger partial charge in [-0.1, -0.05) is 6.08 Å². The molecule has 0 amide bonds. The second-order valence-corrected chi connectivity index (χ2v) is 4.11. The summed E-state index contributed by atoms with van der Waals surface area (Å²) in [5, 5.41) is 0. The molecule has 6 heteroatoms. The first-order valence-electron chi connectivity index (χ1n) is 3.18. The Kier molecular flexibility index (Phi) is 4.71. The number of allylic oxidation sites excluding steroid dienone is 1. The standard InChI is InChI=1S/C6H11N2O3P/c1-4-5-6(8-7)12(9,10-2)11-3/h4H,1,5H2,2-3H3. The highest BCUT2D eigenvalue weighted by Gasteiger charge is 2.36. The Hall–Kier alpha value is -0.730. The predicted molar refractivity (Wildman–Crippen MR) is 45.1 cm³/mol. The van der Waals surface area contributed by atoms with Crippen LogP contribution in [0.5, 0.6) is 0 Å². The van der Waals surface area contributed by atoms with E-state index >= 15 is 0 Å². The van der Waals surface area contributed by atoms with Crippen molar-refractivity contribution in [1.29, 1.82) is 0 Å². The molecule has 0 unspecified atom stereocenters. The van der Waals surface area contributed by atoms with E-state index < -0.39 is 7.60 Å². The van der Waals surface area contributed by atoms with Crippen LogP contribution in [0.25, 0.3) is 5.53 Å². The molecule has 0 aliphatic carbocycles. The molecule has 0 aromatic heterocycles. The summed E-state index contributed by atoms with van der Waals surface area (Å²) in [4.78, 5) is 2.82. The first kappa shape index (κ1) is 11.3. The minimum absolute atomic E-state index is 0.0532. The molecule has 68 valence electrons. The molecule has 0 spiro atoms. The zero-order valence-corrected chi connectivity index (χ0v) is 7.95. The van der Waals surface area contributed by atoms with Gasteiger partial charge in [0.2, 0.25) is 0 Å². The summed E-state index contributed by atoms with van der Waals surface area (Å²) in [5.41, 5.74) is 8.41. The predicted octanol–water partition coefficient (Wildman–Crippen LogP) is 1.68. The molecule has 0 aliphatic heterocycles. The van der Waals surface area contributed by atoms with Gasteiger partial charge in [0, 0.05) is 14.2 Å². The van der Waals surface area contributed by atoms with Crippen LogP contribution in [0.2, 0.25) is 0 Å². The van der Waals surface area contributed by atoms with Crippen molar-refractivity contribution in [1.82, 2.24) is 0 Å². The summed E-state index contributed by atoms with van der Waals surface area (Å²) in [6, 6.07) is 0. The third-order valence-corrected chi connectivity index (χ3v) is 3.10. The van der Waals surface area contributed by atoms with Crippen LogP contribution in [0.3, 0.4) is 0 Å². The Morgan fingerprint density at radius 1 is 1.67 bits per heavy atom. The maximum atomic E-state index is 11.5. The molecule has 0 heterocycles. The van der Waals surface area contributed by atoms with Gasteiger partial charge in [-0.2, -0.15) is 4.79 Å². The molecule has 0 bridgehead atoms. The van der Waals surface area contributed by atoms with Gasteiger partial charge in [-0.05, 0) is 0 Å². The molecule has 5 nitrogen and oxygen atoms in total. The van der Waals surface area contributed by atoms with E-state index in [9.17, 15) is 4.57 Å². The van der Waals surface area contributed by atoms with Crippen molar-refractivity contribution in [2.45, 2.75) is 6.42 Å². The molecule has 0 saturated heterocycles. The zero-order valence-electron chi connectivity index (χ0n) is 7.06. The lowest BCUT2D eigenvalue weighted by atomic mass is 10.5. The molecule has 0 atom stereocenters. The van der Waals surface area contributed by atoms with Crippen LogP contribution in [-0.4, -0.2) is 24.5 Å². The first-order chi connectivity index (χ1) is 5.64. The summed E-state index contributed by atoms with van der Waals surface area (Å²) < 4.78 is 20.7. The normalized spacial score (nSPS) is 10.5. The van der Waals surface area contributed by atoms with Crippen molar-refractivity contribution in [2.24, 2.45) is 0 Å². The fourth-order valence-corrected chi connectivity index (χ4v) is 1.65. The van der Waals surface area contributed by atoms with E-state index in [4.69, 9.17) is 5.53 Å². The van der Waals surface area contributed by atoms with Gasteiger partial charge in [-0.25, -0.2) is 4.57 Å². The highest BCUT2D eigenvalue weighted by atomic mass is 31.2. The van der Waals surface area contributed by atoms with Crippen LogP contribution in [0.1, 0.15) is 6.42 Å². The number of hydrogen-bond donors (Lipinski definition) is 0. The quantitative estimate of drug-likeness (QED) is 0.217. The molecule has 0 aromatic rings. The highest BCUT2D eigenvalue weighted by Crippen LogP contribution is 2.48. The Morgan fingerprint density at radius 3 is 2.42 bits per heavy atom. The smallest absolute Gasteiger partial charge is 0.361 e. The van der Waals surface area contributed by atoms with E-state index in [2.05, 4.69) is 20.4 Å². The minimum Gasteiger partial charge on any atom is -0.361 e. The third-order valence-electron chi connectivity index (χ3n) is 1.24. The fraction of sp³-hybridized carbons (Fsp3) is 0.500. The summed E-state index contributed by atoms with van der Waals surface area (Å²) >= 11 is 0. The van der Waals surface area contributed by atoms with E-state index in [-0.39, 0.29) is 11.9 Å². The Balaban J connectivity index is 4.82. The lowest BCUT2D eigenvalue weighted by Gasteiger charge is -2.06. The first-order valence-corrected chi connectivity index (χ1v) is 4.72. The molecule has 0 aromatic carbocycles. The van der Waals surface area contributed by atoms with Gasteiger partial charge in [-0.15, -0.1) is 6.58 Å². The average molecular weight is 190 g/mol. The summed E-state index contributed by atoms with van der Waals surface area (Å²) in [5.74, 6) is 0.